The third-order valence-electron chi connectivity index (χ3n) is 2.72. The summed E-state index contributed by atoms with van der Waals surface area (Å²) in [6, 6.07) is 9.42. The largest absolute Gasteiger partial charge is 0.495 e. The predicted octanol–water partition coefficient (Wildman–Crippen LogP) is 3.06. The van der Waals surface area contributed by atoms with Crippen LogP contribution < -0.4 is 9.46 Å². The Bertz CT molecular complexity index is 823. The fraction of sp³-hybridized carbons (Fsp3) is 0.0769. The van der Waals surface area contributed by atoms with Crippen LogP contribution in [-0.2, 0) is 10.0 Å². The second-order valence-corrected chi connectivity index (χ2v) is 6.30. The predicted molar refractivity (Wildman–Crippen MR) is 81.9 cm³/mol. The van der Waals surface area contributed by atoms with Crippen molar-refractivity contribution in [2.24, 2.45) is 0 Å². The Morgan fingerprint density at radius 2 is 1.95 bits per heavy atom. The lowest BCUT2D eigenvalue weighted by Crippen LogP contribution is -2.14. The van der Waals surface area contributed by atoms with E-state index in [1.165, 1.54) is 19.2 Å². The molecule has 2 aromatic rings. The number of non-ortho nitro benzene ring substituents is 1. The Morgan fingerprint density at radius 3 is 2.55 bits per heavy atom. The number of halogens is 1. The first-order valence-electron chi connectivity index (χ1n) is 5.94. The number of methoxy groups -OCH3 is 1. The third-order valence-corrected chi connectivity index (χ3v) is 4.38. The number of anilines is 1. The summed E-state index contributed by atoms with van der Waals surface area (Å²) in [6.07, 6.45) is 0. The van der Waals surface area contributed by atoms with E-state index in [4.69, 9.17) is 16.3 Å². The highest BCUT2D eigenvalue weighted by Gasteiger charge is 2.22. The summed E-state index contributed by atoms with van der Waals surface area (Å²) in [5, 5.41) is 11.1. The summed E-state index contributed by atoms with van der Waals surface area (Å²) in [7, 11) is -2.74. The second kappa shape index (κ2) is 6.20. The van der Waals surface area contributed by atoms with Gasteiger partial charge in [0.15, 0.2) is 0 Å². The van der Waals surface area contributed by atoms with Crippen LogP contribution >= 0.6 is 11.6 Å². The quantitative estimate of drug-likeness (QED) is 0.665. The Kier molecular flexibility index (Phi) is 4.53. The minimum atomic E-state index is -3.97. The van der Waals surface area contributed by atoms with E-state index in [0.717, 1.165) is 18.2 Å². The molecule has 2 aromatic carbocycles. The van der Waals surface area contributed by atoms with Crippen LogP contribution in [-0.4, -0.2) is 20.5 Å². The molecule has 1 N–H and O–H groups in total. The number of rotatable bonds is 5. The smallest absolute Gasteiger partial charge is 0.273 e. The zero-order valence-corrected chi connectivity index (χ0v) is 12.9. The standard InChI is InChI=1S/C13H11ClN2O5S/c1-21-12-8-11(16(17)18)5-6-13(12)22(19,20)15-10-4-2-3-9(14)7-10/h2-8,15H,1H3. The summed E-state index contributed by atoms with van der Waals surface area (Å²) in [4.78, 5) is 9.89. The molecule has 0 aliphatic carbocycles. The van der Waals surface area contributed by atoms with E-state index < -0.39 is 14.9 Å². The number of sulfonamides is 1. The summed E-state index contributed by atoms with van der Waals surface area (Å²) in [5.74, 6) is -0.122. The molecular weight excluding hydrogens is 332 g/mol. The summed E-state index contributed by atoms with van der Waals surface area (Å²) in [5.41, 5.74) is 0.00598. The first-order valence-corrected chi connectivity index (χ1v) is 7.80. The molecule has 22 heavy (non-hydrogen) atoms. The fourth-order valence-electron chi connectivity index (χ4n) is 1.75. The van der Waals surface area contributed by atoms with Crippen molar-refractivity contribution < 1.29 is 18.1 Å². The van der Waals surface area contributed by atoms with Crippen LogP contribution in [0.4, 0.5) is 11.4 Å². The van der Waals surface area contributed by atoms with Gasteiger partial charge in [-0.3, -0.25) is 14.8 Å². The van der Waals surface area contributed by atoms with E-state index in [1.807, 2.05) is 0 Å². The van der Waals surface area contributed by atoms with E-state index in [-0.39, 0.29) is 22.0 Å². The van der Waals surface area contributed by atoms with Crippen LogP contribution in [0.15, 0.2) is 47.4 Å². The first kappa shape index (κ1) is 16.1. The molecule has 0 amide bonds. The molecule has 0 unspecified atom stereocenters. The molecule has 0 atom stereocenters. The summed E-state index contributed by atoms with van der Waals surface area (Å²) >= 11 is 5.80. The summed E-state index contributed by atoms with van der Waals surface area (Å²) < 4.78 is 32.0. The molecule has 0 aliphatic rings. The highest BCUT2D eigenvalue weighted by molar-refractivity contribution is 7.92. The van der Waals surface area contributed by atoms with Gasteiger partial charge in [-0.05, 0) is 24.3 Å². The monoisotopic (exact) mass is 342 g/mol. The molecule has 0 heterocycles. The Hall–Kier alpha value is -2.32. The number of nitro groups is 1. The lowest BCUT2D eigenvalue weighted by atomic mass is 10.3. The molecule has 0 fully saturated rings. The molecule has 116 valence electrons. The average Bonchev–Trinajstić information content (AvgIpc) is 2.46. The van der Waals surface area contributed by atoms with Crippen molar-refractivity contribution in [1.82, 2.24) is 0 Å². The zero-order chi connectivity index (χ0) is 16.3. The van der Waals surface area contributed by atoms with Gasteiger partial charge in [0.1, 0.15) is 10.6 Å². The maximum Gasteiger partial charge on any atom is 0.273 e. The average molecular weight is 343 g/mol. The summed E-state index contributed by atoms with van der Waals surface area (Å²) in [6.45, 7) is 0. The van der Waals surface area contributed by atoms with Crippen molar-refractivity contribution >= 4 is 33.0 Å². The van der Waals surface area contributed by atoms with Gasteiger partial charge in [-0.2, -0.15) is 0 Å². The lowest BCUT2D eigenvalue weighted by Gasteiger charge is -2.11. The second-order valence-electron chi connectivity index (χ2n) is 4.21. The SMILES string of the molecule is COc1cc([N+](=O)[O-])ccc1S(=O)(=O)Nc1cccc(Cl)c1. The normalized spacial score (nSPS) is 11.0. The van der Waals surface area contributed by atoms with Crippen molar-refractivity contribution in [3.63, 3.8) is 0 Å². The molecular formula is C13H11ClN2O5S. The van der Waals surface area contributed by atoms with Crippen LogP contribution in [0.25, 0.3) is 0 Å². The molecule has 7 nitrogen and oxygen atoms in total. The van der Waals surface area contributed by atoms with E-state index in [1.54, 1.807) is 12.1 Å². The van der Waals surface area contributed by atoms with Gasteiger partial charge >= 0.3 is 0 Å². The number of nitrogens with one attached hydrogen (secondary N) is 1. The highest BCUT2D eigenvalue weighted by Crippen LogP contribution is 2.30. The topological polar surface area (TPSA) is 98.5 Å². The molecule has 0 bridgehead atoms. The van der Waals surface area contributed by atoms with Gasteiger partial charge in [-0.15, -0.1) is 0 Å². The Morgan fingerprint density at radius 1 is 1.23 bits per heavy atom. The van der Waals surface area contributed by atoms with Gasteiger partial charge in [0, 0.05) is 11.1 Å². The first-order chi connectivity index (χ1) is 10.3. The third kappa shape index (κ3) is 3.46. The number of hydrogen-bond donors (Lipinski definition) is 1. The van der Waals surface area contributed by atoms with Crippen molar-refractivity contribution in [1.29, 1.82) is 0 Å². The maximum absolute atomic E-state index is 12.4. The van der Waals surface area contributed by atoms with E-state index in [9.17, 15) is 18.5 Å². The van der Waals surface area contributed by atoms with Crippen LogP contribution in [0.2, 0.25) is 5.02 Å². The van der Waals surface area contributed by atoms with Gasteiger partial charge in [0.2, 0.25) is 0 Å². The molecule has 0 aliphatic heterocycles. The zero-order valence-electron chi connectivity index (χ0n) is 11.3. The molecule has 0 saturated carbocycles. The van der Waals surface area contributed by atoms with Gasteiger partial charge in [0.25, 0.3) is 15.7 Å². The molecule has 0 aromatic heterocycles. The molecule has 0 radical (unpaired) electrons. The molecule has 2 rings (SSSR count). The molecule has 9 heteroatoms. The van der Waals surface area contributed by atoms with Crippen LogP contribution in [0, 0.1) is 10.1 Å². The van der Waals surface area contributed by atoms with Crippen molar-refractivity contribution in [2.75, 3.05) is 11.8 Å². The maximum atomic E-state index is 12.4. The van der Waals surface area contributed by atoms with Gasteiger partial charge in [-0.25, -0.2) is 8.42 Å². The van der Waals surface area contributed by atoms with Gasteiger partial charge < -0.3 is 4.74 Å². The number of hydrogen-bond acceptors (Lipinski definition) is 5. The number of benzene rings is 2. The van der Waals surface area contributed by atoms with Crippen LogP contribution in [0.1, 0.15) is 0 Å². The highest BCUT2D eigenvalue weighted by atomic mass is 35.5. The van der Waals surface area contributed by atoms with E-state index in [2.05, 4.69) is 4.72 Å². The van der Waals surface area contributed by atoms with Gasteiger partial charge in [0.05, 0.1) is 23.8 Å². The minimum Gasteiger partial charge on any atom is -0.495 e. The minimum absolute atomic E-state index is 0.122. The van der Waals surface area contributed by atoms with Crippen LogP contribution in [0.3, 0.4) is 0 Å². The fourth-order valence-corrected chi connectivity index (χ4v) is 3.15. The van der Waals surface area contributed by atoms with Crippen molar-refractivity contribution in [2.45, 2.75) is 4.90 Å². The number of nitrogens with zero attached hydrogens (tertiary/aromatic N) is 1. The van der Waals surface area contributed by atoms with Crippen molar-refractivity contribution in [3.05, 3.63) is 57.6 Å². The lowest BCUT2D eigenvalue weighted by molar-refractivity contribution is -0.385. The Labute approximate surface area is 131 Å². The number of nitro benzene ring substituents is 1. The van der Waals surface area contributed by atoms with Crippen LogP contribution in [0.5, 0.6) is 5.75 Å². The number of ether oxygens (including phenoxy) is 1. The molecule has 0 spiro atoms. The van der Waals surface area contributed by atoms with E-state index in [0.29, 0.717) is 5.02 Å². The van der Waals surface area contributed by atoms with E-state index >= 15 is 0 Å². The molecule has 0 saturated heterocycles. The Balaban J connectivity index is 2.43. The van der Waals surface area contributed by atoms with Gasteiger partial charge in [-0.1, -0.05) is 17.7 Å². The van der Waals surface area contributed by atoms with Crippen molar-refractivity contribution in [3.8, 4) is 5.75 Å².